The Morgan fingerprint density at radius 2 is 1.88 bits per heavy atom. The van der Waals surface area contributed by atoms with Gasteiger partial charge in [0.15, 0.2) is 0 Å². The molecule has 0 aliphatic heterocycles. The number of alkyl carbamates (subject to hydrolysis) is 1. The molecule has 2 N–H and O–H groups in total. The highest BCUT2D eigenvalue weighted by atomic mass is 35.5. The summed E-state index contributed by atoms with van der Waals surface area (Å²) in [4.78, 5) is 28.5. The van der Waals surface area contributed by atoms with Crippen molar-refractivity contribution in [1.82, 2.24) is 15.6 Å². The van der Waals surface area contributed by atoms with Gasteiger partial charge in [-0.1, -0.05) is 23.2 Å². The first-order valence-corrected chi connectivity index (χ1v) is 8.87. The molecule has 1 unspecified atom stereocenters. The number of nitrogens with one attached hydrogen (secondary N) is 2. The van der Waals surface area contributed by atoms with Crippen LogP contribution in [-0.2, 0) is 4.74 Å². The van der Waals surface area contributed by atoms with E-state index in [0.717, 1.165) is 12.8 Å². The molecule has 0 bridgehead atoms. The Hall–Kier alpha value is -1.53. The standard InChI is InChI=1S/C17H23Cl2N3O3/c1-16(2,3)25-15(24)20-9-17(4,10-5-6-10)22-14(23)13-11(18)7-8-12(19)21-13/h7-8,10H,5-6,9H2,1-4H3,(H,20,24)(H,22,23). The van der Waals surface area contributed by atoms with Crippen LogP contribution in [0, 0.1) is 5.92 Å². The molecule has 1 fully saturated rings. The Labute approximate surface area is 157 Å². The van der Waals surface area contributed by atoms with Crippen LogP contribution in [0.25, 0.3) is 0 Å². The zero-order chi connectivity index (χ0) is 18.8. The average Bonchev–Trinajstić information content (AvgIpc) is 3.31. The molecule has 0 saturated heterocycles. The lowest BCUT2D eigenvalue weighted by molar-refractivity contribution is 0.0502. The van der Waals surface area contributed by atoms with Gasteiger partial charge in [-0.3, -0.25) is 4.79 Å². The molecule has 1 saturated carbocycles. The third-order valence-corrected chi connectivity index (χ3v) is 4.42. The van der Waals surface area contributed by atoms with E-state index >= 15 is 0 Å². The minimum absolute atomic E-state index is 0.0679. The molecule has 0 aromatic carbocycles. The fraction of sp³-hybridized carbons (Fsp3) is 0.588. The highest BCUT2D eigenvalue weighted by molar-refractivity contribution is 6.34. The van der Waals surface area contributed by atoms with Crippen LogP contribution >= 0.6 is 23.2 Å². The number of halogens is 2. The molecule has 1 heterocycles. The third-order valence-electron chi connectivity index (χ3n) is 3.90. The largest absolute Gasteiger partial charge is 0.444 e. The Bertz CT molecular complexity index is 672. The predicted molar refractivity (Wildman–Crippen MR) is 97.1 cm³/mol. The van der Waals surface area contributed by atoms with Crippen molar-refractivity contribution in [3.05, 3.63) is 28.0 Å². The molecule has 138 valence electrons. The van der Waals surface area contributed by atoms with E-state index in [1.165, 1.54) is 12.1 Å². The van der Waals surface area contributed by atoms with Gasteiger partial charge in [0.2, 0.25) is 0 Å². The molecule has 8 heteroatoms. The van der Waals surface area contributed by atoms with Crippen LogP contribution < -0.4 is 10.6 Å². The molecule has 6 nitrogen and oxygen atoms in total. The Morgan fingerprint density at radius 3 is 2.44 bits per heavy atom. The summed E-state index contributed by atoms with van der Waals surface area (Å²) in [7, 11) is 0. The van der Waals surface area contributed by atoms with Gasteiger partial charge in [-0.05, 0) is 58.6 Å². The zero-order valence-corrected chi connectivity index (χ0v) is 16.3. The maximum Gasteiger partial charge on any atom is 0.407 e. The lowest BCUT2D eigenvalue weighted by atomic mass is 9.95. The Balaban J connectivity index is 2.05. The van der Waals surface area contributed by atoms with Crippen LogP contribution in [-0.4, -0.2) is 34.7 Å². The van der Waals surface area contributed by atoms with Crippen molar-refractivity contribution >= 4 is 35.2 Å². The summed E-state index contributed by atoms with van der Waals surface area (Å²) in [5.41, 5.74) is -1.14. The van der Waals surface area contributed by atoms with Crippen LogP contribution in [0.4, 0.5) is 4.79 Å². The smallest absolute Gasteiger partial charge is 0.407 e. The average molecular weight is 388 g/mol. The van der Waals surface area contributed by atoms with Crippen LogP contribution in [0.15, 0.2) is 12.1 Å². The number of hydrogen-bond acceptors (Lipinski definition) is 4. The molecule has 1 aromatic rings. The predicted octanol–water partition coefficient (Wildman–Crippen LogP) is 3.81. The molecular formula is C17H23Cl2N3O3. The van der Waals surface area contributed by atoms with Crippen molar-refractivity contribution in [2.24, 2.45) is 5.92 Å². The van der Waals surface area contributed by atoms with Gasteiger partial charge in [0.1, 0.15) is 16.4 Å². The van der Waals surface area contributed by atoms with Crippen molar-refractivity contribution in [1.29, 1.82) is 0 Å². The van der Waals surface area contributed by atoms with Crippen molar-refractivity contribution in [3.8, 4) is 0 Å². The number of carbonyl (C=O) groups is 2. The van der Waals surface area contributed by atoms with E-state index in [4.69, 9.17) is 27.9 Å². The van der Waals surface area contributed by atoms with Gasteiger partial charge in [0.25, 0.3) is 5.91 Å². The molecule has 2 amide bonds. The summed E-state index contributed by atoms with van der Waals surface area (Å²) >= 11 is 11.9. The highest BCUT2D eigenvalue weighted by Crippen LogP contribution is 2.39. The molecule has 0 radical (unpaired) electrons. The quantitative estimate of drug-likeness (QED) is 0.752. The van der Waals surface area contributed by atoms with Gasteiger partial charge in [0.05, 0.1) is 10.6 Å². The number of nitrogens with zero attached hydrogens (tertiary/aromatic N) is 1. The number of aromatic nitrogens is 1. The van der Waals surface area contributed by atoms with Gasteiger partial charge < -0.3 is 15.4 Å². The number of ether oxygens (including phenoxy) is 1. The Kier molecular flexibility index (Phi) is 5.84. The number of amides is 2. The first-order valence-electron chi connectivity index (χ1n) is 8.11. The molecular weight excluding hydrogens is 365 g/mol. The fourth-order valence-corrected chi connectivity index (χ4v) is 2.82. The zero-order valence-electron chi connectivity index (χ0n) is 14.8. The van der Waals surface area contributed by atoms with E-state index in [0.29, 0.717) is 0 Å². The van der Waals surface area contributed by atoms with Crippen LogP contribution in [0.3, 0.4) is 0 Å². The van der Waals surface area contributed by atoms with Crippen molar-refractivity contribution < 1.29 is 14.3 Å². The molecule has 1 atom stereocenters. The summed E-state index contributed by atoms with van der Waals surface area (Å²) in [6, 6.07) is 3.05. The second-order valence-electron chi connectivity index (χ2n) is 7.47. The van der Waals surface area contributed by atoms with Crippen molar-refractivity contribution in [3.63, 3.8) is 0 Å². The van der Waals surface area contributed by atoms with Gasteiger partial charge in [-0.15, -0.1) is 0 Å². The number of carbonyl (C=O) groups excluding carboxylic acids is 2. The number of rotatable bonds is 5. The first-order chi connectivity index (χ1) is 11.5. The highest BCUT2D eigenvalue weighted by Gasteiger charge is 2.43. The molecule has 1 aliphatic rings. The maximum atomic E-state index is 12.6. The molecule has 1 aliphatic carbocycles. The maximum absolute atomic E-state index is 12.6. The van der Waals surface area contributed by atoms with E-state index in [-0.39, 0.29) is 28.3 Å². The van der Waals surface area contributed by atoms with Gasteiger partial charge in [-0.25, -0.2) is 9.78 Å². The van der Waals surface area contributed by atoms with E-state index in [1.807, 2.05) is 6.92 Å². The first kappa shape index (κ1) is 19.8. The minimum atomic E-state index is -0.624. The van der Waals surface area contributed by atoms with Gasteiger partial charge in [-0.2, -0.15) is 0 Å². The normalized spacial score (nSPS) is 16.7. The minimum Gasteiger partial charge on any atom is -0.444 e. The number of hydrogen-bond donors (Lipinski definition) is 2. The second-order valence-corrected chi connectivity index (χ2v) is 8.26. The van der Waals surface area contributed by atoms with Crippen LogP contribution in [0.1, 0.15) is 51.0 Å². The van der Waals surface area contributed by atoms with Crippen molar-refractivity contribution in [2.75, 3.05) is 6.54 Å². The van der Waals surface area contributed by atoms with Gasteiger partial charge >= 0.3 is 6.09 Å². The molecule has 25 heavy (non-hydrogen) atoms. The monoisotopic (exact) mass is 387 g/mol. The summed E-state index contributed by atoms with van der Waals surface area (Å²) in [6.45, 7) is 7.51. The molecule has 0 spiro atoms. The van der Waals surface area contributed by atoms with E-state index in [1.54, 1.807) is 20.8 Å². The lowest BCUT2D eigenvalue weighted by Gasteiger charge is -2.32. The van der Waals surface area contributed by atoms with Gasteiger partial charge in [0, 0.05) is 6.54 Å². The summed E-state index contributed by atoms with van der Waals surface area (Å²) in [5.74, 6) is -0.155. The molecule has 1 aromatic heterocycles. The summed E-state index contributed by atoms with van der Waals surface area (Å²) < 4.78 is 5.24. The topological polar surface area (TPSA) is 80.3 Å². The Morgan fingerprint density at radius 1 is 1.24 bits per heavy atom. The van der Waals surface area contributed by atoms with Crippen LogP contribution in [0.5, 0.6) is 0 Å². The third kappa shape index (κ3) is 5.75. The lowest BCUT2D eigenvalue weighted by Crippen LogP contribution is -2.55. The SMILES string of the molecule is CC(C)(C)OC(=O)NCC(C)(NC(=O)c1nc(Cl)ccc1Cl)C1CC1. The van der Waals surface area contributed by atoms with E-state index in [2.05, 4.69) is 15.6 Å². The number of pyridine rings is 1. The second kappa shape index (κ2) is 7.38. The summed E-state index contributed by atoms with van der Waals surface area (Å²) in [6.07, 6.45) is 1.43. The van der Waals surface area contributed by atoms with Crippen molar-refractivity contribution in [2.45, 2.75) is 51.7 Å². The molecule has 2 rings (SSSR count). The van der Waals surface area contributed by atoms with Crippen LogP contribution in [0.2, 0.25) is 10.2 Å². The summed E-state index contributed by atoms with van der Waals surface area (Å²) in [5, 5.41) is 6.08. The fourth-order valence-electron chi connectivity index (χ4n) is 2.48. The van der Waals surface area contributed by atoms with E-state index in [9.17, 15) is 9.59 Å². The van der Waals surface area contributed by atoms with E-state index < -0.39 is 23.1 Å².